The van der Waals surface area contributed by atoms with Gasteiger partial charge in [0, 0.05) is 22.1 Å². The van der Waals surface area contributed by atoms with E-state index >= 15 is 0 Å². The maximum Gasteiger partial charge on any atom is 0.299 e. The molecule has 0 bridgehead atoms. The van der Waals surface area contributed by atoms with E-state index in [1.165, 1.54) is 11.3 Å². The summed E-state index contributed by atoms with van der Waals surface area (Å²) in [5.74, 6) is 0.138. The number of hydrogen-bond acceptors (Lipinski definition) is 6. The second-order valence-electron chi connectivity index (χ2n) is 7.74. The first-order valence-electron chi connectivity index (χ1n) is 9.32. The molecule has 4 aromatic rings. The van der Waals surface area contributed by atoms with Crippen molar-refractivity contribution in [1.29, 1.82) is 0 Å². The number of anilines is 1. The highest BCUT2D eigenvalue weighted by Crippen LogP contribution is 2.33. The van der Waals surface area contributed by atoms with Gasteiger partial charge in [-0.15, -0.1) is 0 Å². The summed E-state index contributed by atoms with van der Waals surface area (Å²) in [5.41, 5.74) is 2.71. The van der Waals surface area contributed by atoms with Gasteiger partial charge < -0.3 is 10.1 Å². The van der Waals surface area contributed by atoms with E-state index in [0.29, 0.717) is 17.3 Å². The predicted octanol–water partition coefficient (Wildman–Crippen LogP) is 4.67. The van der Waals surface area contributed by atoms with Gasteiger partial charge in [0.1, 0.15) is 5.69 Å². The zero-order valence-corrected chi connectivity index (χ0v) is 17.6. The Kier molecular flexibility index (Phi) is 5.09. The summed E-state index contributed by atoms with van der Waals surface area (Å²) in [6.45, 7) is 5.93. The van der Waals surface area contributed by atoms with Gasteiger partial charge in [-0.3, -0.25) is 9.59 Å². The largest absolute Gasteiger partial charge is 0.409 e. The predicted molar refractivity (Wildman–Crippen MR) is 117 cm³/mol. The van der Waals surface area contributed by atoms with Crippen LogP contribution in [0.1, 0.15) is 20.8 Å². The highest BCUT2D eigenvalue weighted by Gasteiger charge is 2.22. The van der Waals surface area contributed by atoms with Crippen LogP contribution in [0.2, 0.25) is 0 Å². The van der Waals surface area contributed by atoms with E-state index < -0.39 is 5.41 Å². The molecule has 0 atom stereocenters. The molecule has 1 N–H and O–H groups in total. The number of aromatic nitrogens is 3. The molecule has 2 heterocycles. The monoisotopic (exact) mass is 420 g/mol. The first-order valence-corrected chi connectivity index (χ1v) is 10.2. The van der Waals surface area contributed by atoms with Crippen LogP contribution in [0.25, 0.3) is 27.3 Å². The SMILES string of the molecule is CC(C)(C)C(=O)Nc1ccc2c(-c3ccccc3)nn(-c3nc(OC=O)cs3)c2c1. The minimum absolute atomic E-state index is 0.0767. The maximum atomic E-state index is 12.4. The molecule has 0 saturated heterocycles. The molecule has 2 aromatic heterocycles. The minimum Gasteiger partial charge on any atom is -0.409 e. The van der Waals surface area contributed by atoms with Crippen molar-refractivity contribution in [3.8, 4) is 22.3 Å². The molecule has 7 nitrogen and oxygen atoms in total. The molecule has 0 fully saturated rings. The Hall–Kier alpha value is -3.52. The molecule has 0 unspecified atom stereocenters. The number of thiazole rings is 1. The lowest BCUT2D eigenvalue weighted by Gasteiger charge is -2.17. The number of nitrogens with one attached hydrogen (secondary N) is 1. The van der Waals surface area contributed by atoms with Crippen LogP contribution in [0.15, 0.2) is 53.9 Å². The topological polar surface area (TPSA) is 86.1 Å². The Morgan fingerprint density at radius 3 is 2.63 bits per heavy atom. The number of amides is 1. The lowest BCUT2D eigenvalue weighted by Crippen LogP contribution is -2.27. The normalized spacial score (nSPS) is 11.4. The van der Waals surface area contributed by atoms with E-state index in [1.54, 1.807) is 10.1 Å². The van der Waals surface area contributed by atoms with E-state index in [1.807, 2.05) is 69.3 Å². The molecule has 30 heavy (non-hydrogen) atoms. The number of rotatable bonds is 5. The first-order chi connectivity index (χ1) is 14.4. The number of nitrogens with zero attached hydrogens (tertiary/aromatic N) is 3. The molecule has 152 valence electrons. The Bertz CT molecular complexity index is 1220. The molecule has 4 rings (SSSR count). The van der Waals surface area contributed by atoms with Crippen LogP contribution in [0, 0.1) is 5.41 Å². The molecular formula is C22H20N4O3S. The average Bonchev–Trinajstić information content (AvgIpc) is 3.32. The number of hydrogen-bond donors (Lipinski definition) is 1. The molecular weight excluding hydrogens is 400 g/mol. The van der Waals surface area contributed by atoms with Crippen LogP contribution in [-0.4, -0.2) is 27.1 Å². The van der Waals surface area contributed by atoms with Crippen molar-refractivity contribution < 1.29 is 14.3 Å². The van der Waals surface area contributed by atoms with Gasteiger partial charge in [0.15, 0.2) is 0 Å². The Balaban J connectivity index is 1.86. The van der Waals surface area contributed by atoms with Gasteiger partial charge in [0.25, 0.3) is 6.47 Å². The van der Waals surface area contributed by atoms with E-state index in [9.17, 15) is 9.59 Å². The fourth-order valence-corrected chi connectivity index (χ4v) is 3.61. The van der Waals surface area contributed by atoms with Gasteiger partial charge in [-0.2, -0.15) is 10.1 Å². The highest BCUT2D eigenvalue weighted by molar-refractivity contribution is 7.12. The molecule has 0 aliphatic heterocycles. The Morgan fingerprint density at radius 2 is 1.93 bits per heavy atom. The zero-order valence-electron chi connectivity index (χ0n) is 16.7. The number of carbonyl (C=O) groups is 2. The van der Waals surface area contributed by atoms with E-state index in [0.717, 1.165) is 22.2 Å². The van der Waals surface area contributed by atoms with Crippen molar-refractivity contribution in [3.05, 3.63) is 53.9 Å². The van der Waals surface area contributed by atoms with Crippen molar-refractivity contribution in [2.24, 2.45) is 5.41 Å². The third kappa shape index (κ3) is 3.81. The summed E-state index contributed by atoms with van der Waals surface area (Å²) < 4.78 is 6.55. The summed E-state index contributed by atoms with van der Waals surface area (Å²) >= 11 is 1.31. The van der Waals surface area contributed by atoms with Gasteiger partial charge in [-0.05, 0) is 18.2 Å². The highest BCUT2D eigenvalue weighted by atomic mass is 32.1. The zero-order chi connectivity index (χ0) is 21.3. The molecule has 0 spiro atoms. The van der Waals surface area contributed by atoms with Gasteiger partial charge in [-0.25, -0.2) is 4.68 Å². The van der Waals surface area contributed by atoms with Crippen LogP contribution in [-0.2, 0) is 9.59 Å². The molecule has 0 aliphatic rings. The summed E-state index contributed by atoms with van der Waals surface area (Å²) in [6.07, 6.45) is 0. The third-order valence-electron chi connectivity index (χ3n) is 4.49. The lowest BCUT2D eigenvalue weighted by atomic mass is 9.95. The van der Waals surface area contributed by atoms with Gasteiger partial charge >= 0.3 is 0 Å². The number of fused-ring (bicyclic) bond motifs is 1. The molecule has 0 radical (unpaired) electrons. The second-order valence-corrected chi connectivity index (χ2v) is 8.58. The third-order valence-corrected chi connectivity index (χ3v) is 5.28. The number of carbonyl (C=O) groups excluding carboxylic acids is 2. The quantitative estimate of drug-likeness (QED) is 0.474. The molecule has 1 amide bonds. The van der Waals surface area contributed by atoms with E-state index in [2.05, 4.69) is 10.3 Å². The van der Waals surface area contributed by atoms with Gasteiger partial charge in [0.2, 0.25) is 16.9 Å². The van der Waals surface area contributed by atoms with Crippen LogP contribution < -0.4 is 10.1 Å². The number of benzene rings is 2. The fourth-order valence-electron chi connectivity index (χ4n) is 2.92. The summed E-state index contributed by atoms with van der Waals surface area (Å²) in [5, 5.41) is 10.9. The molecule has 0 aliphatic carbocycles. The smallest absolute Gasteiger partial charge is 0.299 e. The van der Waals surface area contributed by atoms with E-state index in [4.69, 9.17) is 9.84 Å². The second kappa shape index (κ2) is 7.72. The molecule has 2 aromatic carbocycles. The van der Waals surface area contributed by atoms with Crippen molar-refractivity contribution in [3.63, 3.8) is 0 Å². The maximum absolute atomic E-state index is 12.4. The van der Waals surface area contributed by atoms with Crippen molar-refractivity contribution in [2.75, 3.05) is 5.32 Å². The van der Waals surface area contributed by atoms with Crippen molar-refractivity contribution in [1.82, 2.24) is 14.8 Å². The van der Waals surface area contributed by atoms with Crippen molar-refractivity contribution >= 4 is 40.3 Å². The summed E-state index contributed by atoms with van der Waals surface area (Å²) in [7, 11) is 0. The van der Waals surface area contributed by atoms with Crippen LogP contribution in [0.4, 0.5) is 5.69 Å². The van der Waals surface area contributed by atoms with E-state index in [-0.39, 0.29) is 11.8 Å². The van der Waals surface area contributed by atoms with Crippen molar-refractivity contribution in [2.45, 2.75) is 20.8 Å². The Labute approximate surface area is 177 Å². The lowest BCUT2D eigenvalue weighted by molar-refractivity contribution is -0.123. The molecule has 8 heteroatoms. The first kappa shape index (κ1) is 19.8. The average molecular weight is 420 g/mol. The Morgan fingerprint density at radius 1 is 1.17 bits per heavy atom. The number of ether oxygens (including phenoxy) is 1. The van der Waals surface area contributed by atoms with Gasteiger partial charge in [0.05, 0.1) is 10.9 Å². The fraction of sp³-hybridized carbons (Fsp3) is 0.182. The van der Waals surface area contributed by atoms with Crippen LogP contribution in [0.3, 0.4) is 0 Å². The van der Waals surface area contributed by atoms with Crippen LogP contribution >= 0.6 is 11.3 Å². The summed E-state index contributed by atoms with van der Waals surface area (Å²) in [6, 6.07) is 15.5. The molecule has 0 saturated carbocycles. The van der Waals surface area contributed by atoms with Crippen LogP contribution in [0.5, 0.6) is 5.88 Å². The summed E-state index contributed by atoms with van der Waals surface area (Å²) in [4.78, 5) is 27.4. The van der Waals surface area contributed by atoms with Gasteiger partial charge in [-0.1, -0.05) is 62.4 Å². The standard InChI is InChI=1S/C22H20N4O3S/c1-22(2,3)20(28)23-15-9-10-16-17(11-15)26(21-24-18(12-30-21)29-13-27)25-19(16)14-7-5-4-6-8-14/h4-13H,1-3H3,(H,23,28). The minimum atomic E-state index is -0.513.